The van der Waals surface area contributed by atoms with E-state index >= 15 is 0 Å². The zero-order valence-corrected chi connectivity index (χ0v) is 18.8. The molecule has 1 N–H and O–H groups in total. The van der Waals surface area contributed by atoms with Crippen LogP contribution in [0.4, 0.5) is 0 Å². The molecule has 4 rings (SSSR count). The van der Waals surface area contributed by atoms with Crippen molar-refractivity contribution in [2.75, 3.05) is 6.61 Å². The van der Waals surface area contributed by atoms with Gasteiger partial charge in [-0.3, -0.25) is 0 Å². The van der Waals surface area contributed by atoms with Gasteiger partial charge in [-0.1, -0.05) is 51.0 Å². The van der Waals surface area contributed by atoms with Crippen LogP contribution in [0.3, 0.4) is 0 Å². The summed E-state index contributed by atoms with van der Waals surface area (Å²) >= 11 is 0. The molecule has 0 amide bonds. The number of hydrogen-bond donors (Lipinski definition) is 1. The minimum absolute atomic E-state index is 0.326. The van der Waals surface area contributed by atoms with Crippen LogP contribution in [0.15, 0.2) is 23.8 Å². The predicted molar refractivity (Wildman–Crippen MR) is 119 cm³/mol. The molecule has 0 spiro atoms. The lowest BCUT2D eigenvalue weighted by atomic mass is 9.47. The number of hydrogen-bond acceptors (Lipinski definition) is 1. The first-order chi connectivity index (χ1) is 13.4. The fraction of sp³-hybridized carbons (Fsp3) is 0.852. The molecular formula is C27H44O. The Hall–Kier alpha value is -0.560. The molecule has 0 aliphatic heterocycles. The summed E-state index contributed by atoms with van der Waals surface area (Å²) in [4.78, 5) is 0. The quantitative estimate of drug-likeness (QED) is 0.476. The van der Waals surface area contributed by atoms with Gasteiger partial charge < -0.3 is 5.11 Å². The van der Waals surface area contributed by atoms with Gasteiger partial charge in [-0.25, -0.2) is 0 Å². The maximum Gasteiger partial charge on any atom is 0.0456 e. The molecule has 3 saturated carbocycles. The Morgan fingerprint density at radius 3 is 2.79 bits per heavy atom. The lowest BCUT2D eigenvalue weighted by Gasteiger charge is -2.57. The first kappa shape index (κ1) is 20.7. The van der Waals surface area contributed by atoms with Gasteiger partial charge in [0.15, 0.2) is 0 Å². The van der Waals surface area contributed by atoms with Crippen LogP contribution in [0.1, 0.15) is 97.8 Å². The molecule has 7 atom stereocenters. The summed E-state index contributed by atoms with van der Waals surface area (Å²) in [5.41, 5.74) is 4.39. The summed E-state index contributed by atoms with van der Waals surface area (Å²) in [5, 5.41) is 9.29. The largest absolute Gasteiger partial charge is 0.396 e. The maximum absolute atomic E-state index is 9.29. The first-order valence-corrected chi connectivity index (χ1v) is 12.4. The molecule has 0 radical (unpaired) electrons. The standard InChI is InChI=1S/C27H44O/c1-19(18-28)8-7-9-20(2)23-13-14-24-22-12-11-21-10-5-6-16-26(21,3)25(22)15-17-27(23,24)4/h11,19,22-25,28H,2,5-10,12-18H2,1,3-4H3/t19?,22-,23+,24-,25-,26-,27+/m0/s1. The molecular weight excluding hydrogens is 340 g/mol. The highest BCUT2D eigenvalue weighted by molar-refractivity contribution is 5.25. The van der Waals surface area contributed by atoms with Crippen LogP contribution in [0.25, 0.3) is 0 Å². The zero-order chi connectivity index (χ0) is 19.9. The molecule has 3 fully saturated rings. The van der Waals surface area contributed by atoms with Crippen molar-refractivity contribution < 1.29 is 5.11 Å². The van der Waals surface area contributed by atoms with Crippen molar-refractivity contribution in [3.05, 3.63) is 23.8 Å². The monoisotopic (exact) mass is 384 g/mol. The summed E-state index contributed by atoms with van der Waals surface area (Å²) in [5.74, 6) is 3.98. The third-order valence-electron chi connectivity index (χ3n) is 10.0. The lowest BCUT2D eigenvalue weighted by molar-refractivity contribution is -0.0364. The molecule has 0 aromatic carbocycles. The topological polar surface area (TPSA) is 20.2 Å². The third-order valence-corrected chi connectivity index (χ3v) is 10.0. The van der Waals surface area contributed by atoms with E-state index in [2.05, 4.69) is 33.4 Å². The van der Waals surface area contributed by atoms with Crippen LogP contribution in [0.2, 0.25) is 0 Å². The number of aliphatic hydroxyl groups is 1. The summed E-state index contributed by atoms with van der Waals surface area (Å²) < 4.78 is 0. The number of fused-ring (bicyclic) bond motifs is 5. The van der Waals surface area contributed by atoms with Crippen molar-refractivity contribution in [3.63, 3.8) is 0 Å². The van der Waals surface area contributed by atoms with Gasteiger partial charge in [0, 0.05) is 6.61 Å². The highest BCUT2D eigenvalue weighted by Gasteiger charge is 2.58. The molecule has 28 heavy (non-hydrogen) atoms. The second-order valence-corrected chi connectivity index (χ2v) is 11.5. The van der Waals surface area contributed by atoms with Crippen LogP contribution < -0.4 is 0 Å². The smallest absolute Gasteiger partial charge is 0.0456 e. The highest BCUT2D eigenvalue weighted by atomic mass is 16.3. The van der Waals surface area contributed by atoms with Crippen molar-refractivity contribution in [2.24, 2.45) is 40.4 Å². The summed E-state index contributed by atoms with van der Waals surface area (Å²) in [6.45, 7) is 12.4. The molecule has 0 aromatic heterocycles. The van der Waals surface area contributed by atoms with Gasteiger partial charge in [0.2, 0.25) is 0 Å². The van der Waals surface area contributed by atoms with Crippen LogP contribution in [-0.2, 0) is 0 Å². The molecule has 0 bridgehead atoms. The molecule has 158 valence electrons. The van der Waals surface area contributed by atoms with Crippen LogP contribution in [0, 0.1) is 40.4 Å². The number of aliphatic hydroxyl groups excluding tert-OH is 1. The van der Waals surface area contributed by atoms with E-state index in [0.29, 0.717) is 23.4 Å². The van der Waals surface area contributed by atoms with Crippen LogP contribution in [-0.4, -0.2) is 11.7 Å². The van der Waals surface area contributed by atoms with Crippen molar-refractivity contribution in [1.82, 2.24) is 0 Å². The Balaban J connectivity index is 1.46. The van der Waals surface area contributed by atoms with Crippen LogP contribution >= 0.6 is 0 Å². The molecule has 4 aliphatic carbocycles. The average molecular weight is 385 g/mol. The Labute approximate surface area is 174 Å². The second kappa shape index (κ2) is 7.93. The Morgan fingerprint density at radius 1 is 1.18 bits per heavy atom. The third kappa shape index (κ3) is 3.34. The van der Waals surface area contributed by atoms with E-state index in [9.17, 15) is 5.11 Å². The van der Waals surface area contributed by atoms with E-state index in [1.54, 1.807) is 0 Å². The van der Waals surface area contributed by atoms with Gasteiger partial charge in [0.1, 0.15) is 0 Å². The van der Waals surface area contributed by atoms with E-state index < -0.39 is 0 Å². The average Bonchev–Trinajstić information content (AvgIpc) is 3.04. The van der Waals surface area contributed by atoms with E-state index in [0.717, 1.165) is 30.1 Å². The van der Waals surface area contributed by atoms with Gasteiger partial charge >= 0.3 is 0 Å². The lowest BCUT2D eigenvalue weighted by Crippen LogP contribution is -2.49. The van der Waals surface area contributed by atoms with Gasteiger partial charge in [0.05, 0.1) is 0 Å². The van der Waals surface area contributed by atoms with Crippen molar-refractivity contribution in [2.45, 2.75) is 97.8 Å². The van der Waals surface area contributed by atoms with Gasteiger partial charge in [-0.05, 0) is 111 Å². The molecule has 4 aliphatic rings. The second-order valence-electron chi connectivity index (χ2n) is 11.5. The van der Waals surface area contributed by atoms with Crippen molar-refractivity contribution in [1.29, 1.82) is 0 Å². The van der Waals surface area contributed by atoms with Gasteiger partial charge in [0.25, 0.3) is 0 Å². The summed E-state index contributed by atoms with van der Waals surface area (Å²) in [6, 6.07) is 0. The fourth-order valence-corrected chi connectivity index (χ4v) is 8.31. The SMILES string of the molecule is C=C(CCCC(C)CO)[C@H]1CC[C@H]2[C@@H]3CC=C4CCCC[C@]4(C)[C@H]3CC[C@]12C. The summed E-state index contributed by atoms with van der Waals surface area (Å²) in [6.07, 6.45) is 19.0. The predicted octanol–water partition coefficient (Wildman–Crippen LogP) is 7.31. The molecule has 1 heteroatoms. The number of rotatable bonds is 6. The molecule has 1 nitrogen and oxygen atoms in total. The highest BCUT2D eigenvalue weighted by Crippen LogP contribution is 2.67. The van der Waals surface area contributed by atoms with E-state index in [4.69, 9.17) is 0 Å². The Bertz CT molecular complexity index is 618. The molecule has 0 heterocycles. The molecule has 1 unspecified atom stereocenters. The molecule has 0 aromatic rings. The number of allylic oxidation sites excluding steroid dienone is 3. The van der Waals surface area contributed by atoms with E-state index in [1.165, 1.54) is 76.2 Å². The summed E-state index contributed by atoms with van der Waals surface area (Å²) in [7, 11) is 0. The Kier molecular flexibility index (Phi) is 5.87. The van der Waals surface area contributed by atoms with E-state index in [-0.39, 0.29) is 0 Å². The minimum atomic E-state index is 0.326. The van der Waals surface area contributed by atoms with Crippen molar-refractivity contribution >= 4 is 0 Å². The van der Waals surface area contributed by atoms with Gasteiger partial charge in [-0.2, -0.15) is 0 Å². The zero-order valence-electron chi connectivity index (χ0n) is 18.8. The fourth-order valence-electron chi connectivity index (χ4n) is 8.31. The normalized spacial score (nSPS) is 43.5. The van der Waals surface area contributed by atoms with E-state index in [1.807, 2.05) is 5.57 Å². The van der Waals surface area contributed by atoms with Crippen LogP contribution in [0.5, 0.6) is 0 Å². The first-order valence-electron chi connectivity index (χ1n) is 12.4. The Morgan fingerprint density at radius 2 is 2.00 bits per heavy atom. The minimum Gasteiger partial charge on any atom is -0.396 e. The maximum atomic E-state index is 9.29. The molecule has 0 saturated heterocycles. The van der Waals surface area contributed by atoms with Gasteiger partial charge in [-0.15, -0.1) is 0 Å². The van der Waals surface area contributed by atoms with Crippen molar-refractivity contribution in [3.8, 4) is 0 Å².